The molecule has 3 rings (SSSR count). The van der Waals surface area contributed by atoms with E-state index in [4.69, 9.17) is 23.2 Å². The average molecular weight is 432 g/mol. The summed E-state index contributed by atoms with van der Waals surface area (Å²) in [6.07, 6.45) is 0. The van der Waals surface area contributed by atoms with Gasteiger partial charge < -0.3 is 5.32 Å². The number of anilines is 1. The molecule has 0 heterocycles. The van der Waals surface area contributed by atoms with Gasteiger partial charge in [-0.15, -0.1) is 23.2 Å². The summed E-state index contributed by atoms with van der Waals surface area (Å²) < 4.78 is 0.0810. The summed E-state index contributed by atoms with van der Waals surface area (Å²) >= 11 is 14.8. The molecule has 1 fully saturated rings. The Kier molecular flexibility index (Phi) is 4.17. The molecule has 2 aromatic rings. The quantitative estimate of drug-likeness (QED) is 0.548. The van der Waals surface area contributed by atoms with Gasteiger partial charge in [0.2, 0.25) is 5.91 Å². The first-order chi connectivity index (χ1) is 10.00. The van der Waals surface area contributed by atoms with Crippen LogP contribution in [0.25, 0.3) is 0 Å². The maximum atomic E-state index is 12.4. The van der Waals surface area contributed by atoms with Crippen molar-refractivity contribution < 1.29 is 4.79 Å². The van der Waals surface area contributed by atoms with Crippen molar-refractivity contribution in [2.45, 2.75) is 10.3 Å². The normalized spacial score (nSPS) is 22.6. The van der Waals surface area contributed by atoms with Crippen LogP contribution in [0.5, 0.6) is 0 Å². The van der Waals surface area contributed by atoms with Crippen LogP contribution in [0.3, 0.4) is 0 Å². The van der Waals surface area contributed by atoms with Gasteiger partial charge in [0.25, 0.3) is 0 Å². The van der Waals surface area contributed by atoms with Crippen LogP contribution in [0.2, 0.25) is 0 Å². The van der Waals surface area contributed by atoms with Gasteiger partial charge in [0.15, 0.2) is 0 Å². The summed E-state index contributed by atoms with van der Waals surface area (Å²) in [5, 5.41) is 2.88. The number of carbonyl (C=O) groups excluding carboxylic acids is 1. The van der Waals surface area contributed by atoms with E-state index in [1.165, 1.54) is 0 Å². The van der Waals surface area contributed by atoms with Gasteiger partial charge in [-0.1, -0.05) is 30.3 Å². The Hall–Kier alpha value is -0.780. The van der Waals surface area contributed by atoms with Crippen molar-refractivity contribution in [3.05, 3.63) is 63.7 Å². The predicted molar refractivity (Wildman–Crippen MR) is 94.9 cm³/mol. The standard InChI is InChI=1S/C16H12Cl2INO/c17-16(18)13(10-4-2-1-3-5-10)14(16)15(21)20-12-8-6-11(19)7-9-12/h1-9,13-14H,(H,20,21). The molecule has 0 spiro atoms. The molecule has 0 saturated heterocycles. The summed E-state index contributed by atoms with van der Waals surface area (Å²) in [4.78, 5) is 12.4. The second kappa shape index (κ2) is 5.78. The highest BCUT2D eigenvalue weighted by atomic mass is 127. The molecule has 1 aliphatic carbocycles. The number of amides is 1. The Morgan fingerprint density at radius 2 is 1.67 bits per heavy atom. The smallest absolute Gasteiger partial charge is 0.231 e. The van der Waals surface area contributed by atoms with E-state index in [0.29, 0.717) is 0 Å². The van der Waals surface area contributed by atoms with Crippen molar-refractivity contribution in [1.82, 2.24) is 0 Å². The van der Waals surface area contributed by atoms with Gasteiger partial charge in [-0.2, -0.15) is 0 Å². The molecule has 1 amide bonds. The van der Waals surface area contributed by atoms with Crippen molar-refractivity contribution in [1.29, 1.82) is 0 Å². The minimum Gasteiger partial charge on any atom is -0.326 e. The Morgan fingerprint density at radius 3 is 2.29 bits per heavy atom. The summed E-state index contributed by atoms with van der Waals surface area (Å²) in [5.41, 5.74) is 1.74. The van der Waals surface area contributed by atoms with Crippen molar-refractivity contribution in [2.75, 3.05) is 5.32 Å². The first-order valence-electron chi connectivity index (χ1n) is 6.49. The number of rotatable bonds is 3. The first kappa shape index (κ1) is 15.1. The molecule has 2 atom stereocenters. The Labute approximate surface area is 147 Å². The lowest BCUT2D eigenvalue weighted by molar-refractivity contribution is -0.117. The molecule has 0 aliphatic heterocycles. The molecule has 0 bridgehead atoms. The zero-order valence-corrected chi connectivity index (χ0v) is 14.6. The molecule has 1 N–H and O–H groups in total. The first-order valence-corrected chi connectivity index (χ1v) is 8.33. The van der Waals surface area contributed by atoms with Crippen molar-refractivity contribution >= 4 is 57.4 Å². The predicted octanol–water partition coefficient (Wildman–Crippen LogP) is 4.82. The number of halogens is 3. The van der Waals surface area contributed by atoms with Gasteiger partial charge in [-0.3, -0.25) is 4.79 Å². The van der Waals surface area contributed by atoms with Gasteiger partial charge in [-0.25, -0.2) is 0 Å². The molecule has 2 unspecified atom stereocenters. The molecule has 0 aromatic heterocycles. The van der Waals surface area contributed by atoms with Gasteiger partial charge in [0.1, 0.15) is 4.33 Å². The Morgan fingerprint density at radius 1 is 1.05 bits per heavy atom. The molecule has 2 aromatic carbocycles. The number of hydrogen-bond donors (Lipinski definition) is 1. The lowest BCUT2D eigenvalue weighted by atomic mass is 10.1. The van der Waals surface area contributed by atoms with Crippen LogP contribution in [-0.4, -0.2) is 10.2 Å². The Balaban J connectivity index is 1.75. The molecule has 108 valence electrons. The molecule has 1 saturated carbocycles. The monoisotopic (exact) mass is 431 g/mol. The summed E-state index contributed by atoms with van der Waals surface area (Å²) in [6, 6.07) is 17.3. The molecule has 21 heavy (non-hydrogen) atoms. The largest absolute Gasteiger partial charge is 0.326 e. The maximum absolute atomic E-state index is 12.4. The number of alkyl halides is 2. The summed E-state index contributed by atoms with van der Waals surface area (Å²) in [6.45, 7) is 0. The third-order valence-corrected chi connectivity index (χ3v) is 5.27. The maximum Gasteiger partial charge on any atom is 0.231 e. The fourth-order valence-electron chi connectivity index (χ4n) is 2.48. The van der Waals surface area contributed by atoms with E-state index in [1.807, 2.05) is 54.6 Å². The minimum absolute atomic E-state index is 0.143. The van der Waals surface area contributed by atoms with E-state index in [1.54, 1.807) is 0 Å². The molecular formula is C16H12Cl2INO. The third kappa shape index (κ3) is 3.05. The highest BCUT2D eigenvalue weighted by Crippen LogP contribution is 2.65. The number of carbonyl (C=O) groups is 1. The second-order valence-corrected chi connectivity index (χ2v) is 7.73. The molecule has 5 heteroatoms. The molecule has 1 aliphatic rings. The highest BCUT2D eigenvalue weighted by Gasteiger charge is 2.67. The number of hydrogen-bond acceptors (Lipinski definition) is 1. The SMILES string of the molecule is O=C(Nc1ccc(I)cc1)C1C(c2ccccc2)C1(Cl)Cl. The van der Waals surface area contributed by atoms with Crippen LogP contribution >= 0.6 is 45.8 Å². The van der Waals surface area contributed by atoms with Crippen LogP contribution in [0.15, 0.2) is 54.6 Å². The van der Waals surface area contributed by atoms with Crippen LogP contribution < -0.4 is 5.32 Å². The van der Waals surface area contributed by atoms with Crippen LogP contribution in [0.4, 0.5) is 5.69 Å². The fourth-order valence-corrected chi connectivity index (χ4v) is 3.67. The Bertz CT molecular complexity index is 658. The summed E-state index contributed by atoms with van der Waals surface area (Å²) in [5.74, 6) is -0.733. The van der Waals surface area contributed by atoms with E-state index in [2.05, 4.69) is 27.9 Å². The van der Waals surface area contributed by atoms with Crippen LogP contribution in [0.1, 0.15) is 11.5 Å². The second-order valence-electron chi connectivity index (χ2n) is 5.04. The number of nitrogens with one attached hydrogen (secondary N) is 1. The minimum atomic E-state index is -1.03. The van der Waals surface area contributed by atoms with Gasteiger partial charge in [-0.05, 0) is 52.4 Å². The van der Waals surface area contributed by atoms with Crippen LogP contribution in [0, 0.1) is 9.49 Å². The zero-order valence-electron chi connectivity index (χ0n) is 10.9. The van der Waals surface area contributed by atoms with Crippen LogP contribution in [-0.2, 0) is 4.79 Å². The van der Waals surface area contributed by atoms with Gasteiger partial charge in [0.05, 0.1) is 5.92 Å². The van der Waals surface area contributed by atoms with E-state index in [0.717, 1.165) is 14.8 Å². The van der Waals surface area contributed by atoms with Gasteiger partial charge in [0, 0.05) is 15.2 Å². The molecular weight excluding hydrogens is 420 g/mol. The fraction of sp³-hybridized carbons (Fsp3) is 0.188. The lowest BCUT2D eigenvalue weighted by Gasteiger charge is -2.05. The van der Waals surface area contributed by atoms with Crippen molar-refractivity contribution in [3.8, 4) is 0 Å². The number of benzene rings is 2. The topological polar surface area (TPSA) is 29.1 Å². The van der Waals surface area contributed by atoms with E-state index < -0.39 is 10.3 Å². The molecule has 2 nitrogen and oxygen atoms in total. The van der Waals surface area contributed by atoms with E-state index >= 15 is 0 Å². The van der Waals surface area contributed by atoms with Crippen molar-refractivity contribution in [2.24, 2.45) is 5.92 Å². The molecule has 0 radical (unpaired) electrons. The van der Waals surface area contributed by atoms with Crippen molar-refractivity contribution in [3.63, 3.8) is 0 Å². The lowest BCUT2D eigenvalue weighted by Crippen LogP contribution is -2.17. The summed E-state index contributed by atoms with van der Waals surface area (Å²) in [7, 11) is 0. The van der Waals surface area contributed by atoms with E-state index in [-0.39, 0.29) is 11.8 Å². The third-order valence-electron chi connectivity index (χ3n) is 3.61. The van der Waals surface area contributed by atoms with E-state index in [9.17, 15) is 4.79 Å². The zero-order chi connectivity index (χ0) is 15.0. The van der Waals surface area contributed by atoms with Gasteiger partial charge >= 0.3 is 0 Å². The highest BCUT2D eigenvalue weighted by molar-refractivity contribution is 14.1. The average Bonchev–Trinajstić information content (AvgIpc) is 3.05.